The van der Waals surface area contributed by atoms with Crippen LogP contribution in [0.1, 0.15) is 0 Å². The minimum absolute atomic E-state index is 0.0532. The first-order valence-corrected chi connectivity index (χ1v) is 7.41. The molecule has 1 aliphatic rings. The highest BCUT2D eigenvalue weighted by atomic mass is 16.6. The number of benzene rings is 2. The first kappa shape index (κ1) is 14.3. The standard InChI is InChI=1S/C17H13N3O4/c21-20(22)15-10-17-16(23-6-7-24-17)8-12(15)14-9-13(18-19-14)11-4-2-1-3-5-11/h1-5,8-10H,6-7H2,(H,18,19). The monoisotopic (exact) mass is 323 g/mol. The molecule has 24 heavy (non-hydrogen) atoms. The molecule has 7 heteroatoms. The summed E-state index contributed by atoms with van der Waals surface area (Å²) < 4.78 is 11.0. The number of hydrogen-bond acceptors (Lipinski definition) is 5. The quantitative estimate of drug-likeness (QED) is 0.589. The lowest BCUT2D eigenvalue weighted by molar-refractivity contribution is -0.384. The summed E-state index contributed by atoms with van der Waals surface area (Å²) in [5.41, 5.74) is 2.56. The summed E-state index contributed by atoms with van der Waals surface area (Å²) in [5, 5.41) is 18.6. The van der Waals surface area contributed by atoms with Gasteiger partial charge in [0.25, 0.3) is 5.69 Å². The number of rotatable bonds is 3. The number of aromatic nitrogens is 2. The van der Waals surface area contributed by atoms with Gasteiger partial charge >= 0.3 is 0 Å². The van der Waals surface area contributed by atoms with Gasteiger partial charge in [-0.2, -0.15) is 5.10 Å². The van der Waals surface area contributed by atoms with Gasteiger partial charge in [0.15, 0.2) is 11.5 Å². The molecule has 0 fully saturated rings. The zero-order chi connectivity index (χ0) is 16.5. The average Bonchev–Trinajstić information content (AvgIpc) is 3.11. The van der Waals surface area contributed by atoms with Crippen molar-refractivity contribution in [1.29, 1.82) is 0 Å². The molecule has 1 N–H and O–H groups in total. The van der Waals surface area contributed by atoms with Crippen LogP contribution in [0.15, 0.2) is 48.5 Å². The fourth-order valence-electron chi connectivity index (χ4n) is 2.66. The Morgan fingerprint density at radius 2 is 1.75 bits per heavy atom. The summed E-state index contributed by atoms with van der Waals surface area (Å²) in [4.78, 5) is 11.0. The Morgan fingerprint density at radius 3 is 2.46 bits per heavy atom. The molecule has 0 amide bonds. The van der Waals surface area contributed by atoms with Crippen LogP contribution in [0.5, 0.6) is 11.5 Å². The zero-order valence-electron chi connectivity index (χ0n) is 12.6. The maximum atomic E-state index is 11.4. The molecule has 0 aliphatic carbocycles. The third-order valence-corrected chi connectivity index (χ3v) is 3.79. The molecule has 4 rings (SSSR count). The van der Waals surface area contributed by atoms with Crippen LogP contribution in [0.4, 0.5) is 5.69 Å². The Morgan fingerprint density at radius 1 is 1.04 bits per heavy atom. The second kappa shape index (κ2) is 5.69. The summed E-state index contributed by atoms with van der Waals surface area (Å²) in [6.45, 7) is 0.800. The summed E-state index contributed by atoms with van der Waals surface area (Å²) in [5.74, 6) is 0.886. The van der Waals surface area contributed by atoms with E-state index < -0.39 is 4.92 Å². The van der Waals surface area contributed by atoms with E-state index in [0.717, 1.165) is 11.3 Å². The van der Waals surface area contributed by atoms with Crippen LogP contribution >= 0.6 is 0 Å². The molecule has 0 saturated heterocycles. The molecule has 0 atom stereocenters. The second-order valence-corrected chi connectivity index (χ2v) is 5.30. The first-order valence-electron chi connectivity index (χ1n) is 7.41. The number of nitro benzene ring substituents is 1. The molecule has 0 bridgehead atoms. The Labute approximate surface area is 137 Å². The van der Waals surface area contributed by atoms with Gasteiger partial charge < -0.3 is 9.47 Å². The van der Waals surface area contributed by atoms with Crippen LogP contribution in [0, 0.1) is 10.1 Å². The molecule has 2 aromatic carbocycles. The number of H-pyrrole nitrogens is 1. The van der Waals surface area contributed by atoms with Crippen molar-refractivity contribution in [2.24, 2.45) is 0 Å². The van der Waals surface area contributed by atoms with Gasteiger partial charge in [0, 0.05) is 11.6 Å². The fourth-order valence-corrected chi connectivity index (χ4v) is 2.66. The highest BCUT2D eigenvalue weighted by molar-refractivity contribution is 5.77. The largest absolute Gasteiger partial charge is 0.486 e. The Kier molecular flexibility index (Phi) is 3.38. The topological polar surface area (TPSA) is 90.3 Å². The van der Waals surface area contributed by atoms with E-state index in [2.05, 4.69) is 10.2 Å². The van der Waals surface area contributed by atoms with Crippen LogP contribution in [0.3, 0.4) is 0 Å². The van der Waals surface area contributed by atoms with Crippen LogP contribution in [-0.2, 0) is 0 Å². The van der Waals surface area contributed by atoms with E-state index in [4.69, 9.17) is 9.47 Å². The lowest BCUT2D eigenvalue weighted by Gasteiger charge is -2.18. The lowest BCUT2D eigenvalue weighted by Crippen LogP contribution is -2.15. The molecule has 1 aliphatic heterocycles. The molecule has 2 heterocycles. The normalized spacial score (nSPS) is 12.8. The van der Waals surface area contributed by atoms with Crippen molar-refractivity contribution in [2.45, 2.75) is 0 Å². The smallest absolute Gasteiger partial charge is 0.282 e. The van der Waals surface area contributed by atoms with Crippen LogP contribution < -0.4 is 9.47 Å². The van der Waals surface area contributed by atoms with Gasteiger partial charge in [0.05, 0.1) is 27.9 Å². The number of aromatic amines is 1. The van der Waals surface area contributed by atoms with Gasteiger partial charge in [0.2, 0.25) is 0 Å². The predicted molar refractivity (Wildman–Crippen MR) is 87.1 cm³/mol. The third-order valence-electron chi connectivity index (χ3n) is 3.79. The van der Waals surface area contributed by atoms with Crippen molar-refractivity contribution in [3.05, 3.63) is 58.6 Å². The van der Waals surface area contributed by atoms with Gasteiger partial charge in [0.1, 0.15) is 13.2 Å². The van der Waals surface area contributed by atoms with E-state index >= 15 is 0 Å². The molecular formula is C17H13N3O4. The first-order chi connectivity index (χ1) is 11.7. The maximum Gasteiger partial charge on any atom is 0.282 e. The van der Waals surface area contributed by atoms with Gasteiger partial charge in [-0.15, -0.1) is 0 Å². The van der Waals surface area contributed by atoms with Gasteiger partial charge in [-0.1, -0.05) is 30.3 Å². The Bertz CT molecular complexity index is 905. The molecule has 3 aromatic rings. The van der Waals surface area contributed by atoms with Crippen LogP contribution in [0.2, 0.25) is 0 Å². The van der Waals surface area contributed by atoms with Crippen molar-refractivity contribution in [2.75, 3.05) is 13.2 Å². The van der Waals surface area contributed by atoms with Gasteiger partial charge in [-0.3, -0.25) is 15.2 Å². The Balaban J connectivity index is 1.81. The van der Waals surface area contributed by atoms with E-state index in [-0.39, 0.29) is 5.69 Å². The highest BCUT2D eigenvalue weighted by Gasteiger charge is 2.24. The number of fused-ring (bicyclic) bond motifs is 1. The SMILES string of the molecule is O=[N+]([O-])c1cc2c(cc1-c1cc(-c3ccccc3)n[nH]1)OCCO2. The van der Waals surface area contributed by atoms with Crippen molar-refractivity contribution in [3.63, 3.8) is 0 Å². The van der Waals surface area contributed by atoms with Crippen molar-refractivity contribution in [3.8, 4) is 34.0 Å². The average molecular weight is 323 g/mol. The van der Waals surface area contributed by atoms with E-state index in [0.29, 0.717) is 36.0 Å². The lowest BCUT2D eigenvalue weighted by atomic mass is 10.1. The Hall–Kier alpha value is -3.35. The number of nitro groups is 1. The summed E-state index contributed by atoms with van der Waals surface area (Å²) in [7, 11) is 0. The van der Waals surface area contributed by atoms with Crippen molar-refractivity contribution < 1.29 is 14.4 Å². The molecule has 0 spiro atoms. The predicted octanol–water partition coefficient (Wildman–Crippen LogP) is 3.42. The number of ether oxygens (including phenoxy) is 2. The van der Waals surface area contributed by atoms with Gasteiger partial charge in [-0.05, 0) is 6.07 Å². The number of nitrogens with one attached hydrogen (secondary N) is 1. The van der Waals surface area contributed by atoms with Crippen LogP contribution in [0.25, 0.3) is 22.5 Å². The molecule has 0 radical (unpaired) electrons. The molecule has 0 saturated carbocycles. The third kappa shape index (κ3) is 2.45. The van der Waals surface area contributed by atoms with Crippen molar-refractivity contribution in [1.82, 2.24) is 10.2 Å². The second-order valence-electron chi connectivity index (χ2n) is 5.30. The molecule has 1 aromatic heterocycles. The molecule has 120 valence electrons. The summed E-state index contributed by atoms with van der Waals surface area (Å²) >= 11 is 0. The van der Waals surface area contributed by atoms with E-state index in [1.165, 1.54) is 6.07 Å². The van der Waals surface area contributed by atoms with E-state index in [1.807, 2.05) is 30.3 Å². The summed E-state index contributed by atoms with van der Waals surface area (Å²) in [6, 6.07) is 14.4. The highest BCUT2D eigenvalue weighted by Crippen LogP contribution is 2.41. The van der Waals surface area contributed by atoms with E-state index in [1.54, 1.807) is 12.1 Å². The number of hydrogen-bond donors (Lipinski definition) is 1. The maximum absolute atomic E-state index is 11.4. The van der Waals surface area contributed by atoms with Gasteiger partial charge in [-0.25, -0.2) is 0 Å². The zero-order valence-corrected chi connectivity index (χ0v) is 12.6. The fraction of sp³-hybridized carbons (Fsp3) is 0.118. The molecular weight excluding hydrogens is 310 g/mol. The summed E-state index contributed by atoms with van der Waals surface area (Å²) in [6.07, 6.45) is 0. The minimum atomic E-state index is -0.434. The number of nitrogens with zero attached hydrogens (tertiary/aromatic N) is 2. The van der Waals surface area contributed by atoms with Crippen LogP contribution in [-0.4, -0.2) is 28.3 Å². The van der Waals surface area contributed by atoms with E-state index in [9.17, 15) is 10.1 Å². The van der Waals surface area contributed by atoms with Crippen molar-refractivity contribution >= 4 is 5.69 Å². The molecule has 7 nitrogen and oxygen atoms in total. The molecule has 0 unspecified atom stereocenters. The minimum Gasteiger partial charge on any atom is -0.486 e.